The Kier molecular flexibility index (Phi) is 3.49. The molecule has 1 amide bonds. The van der Waals surface area contributed by atoms with Crippen LogP contribution in [-0.4, -0.2) is 18.6 Å². The molecule has 0 bridgehead atoms. The molecule has 1 rings (SSSR count). The molecule has 0 aliphatic carbocycles. The number of carbonyl (C=O) groups is 1. The van der Waals surface area contributed by atoms with Crippen LogP contribution in [0.4, 0.5) is 10.1 Å². The van der Waals surface area contributed by atoms with Crippen molar-refractivity contribution in [2.75, 3.05) is 12.4 Å². The van der Waals surface area contributed by atoms with E-state index in [0.29, 0.717) is 5.75 Å². The average molecular weight is 226 g/mol. The molecule has 3 N–H and O–H groups in total. The molecule has 16 heavy (non-hydrogen) atoms. The summed E-state index contributed by atoms with van der Waals surface area (Å²) in [7, 11) is 1.46. The van der Waals surface area contributed by atoms with Gasteiger partial charge >= 0.3 is 0 Å². The van der Waals surface area contributed by atoms with Crippen molar-refractivity contribution in [1.29, 1.82) is 0 Å². The molecule has 0 aliphatic heterocycles. The van der Waals surface area contributed by atoms with Crippen LogP contribution < -0.4 is 15.8 Å². The minimum absolute atomic E-state index is 0.0582. The Balaban J connectivity index is 2.92. The Bertz CT molecular complexity index is 399. The van der Waals surface area contributed by atoms with E-state index in [-0.39, 0.29) is 5.69 Å². The van der Waals surface area contributed by atoms with Gasteiger partial charge in [-0.2, -0.15) is 0 Å². The van der Waals surface area contributed by atoms with Crippen molar-refractivity contribution < 1.29 is 13.9 Å². The van der Waals surface area contributed by atoms with Crippen LogP contribution in [0.15, 0.2) is 18.2 Å². The largest absolute Gasteiger partial charge is 0.497 e. The predicted octanol–water partition coefficient (Wildman–Crippen LogP) is 1.51. The van der Waals surface area contributed by atoms with E-state index in [2.05, 4.69) is 5.32 Å². The highest BCUT2D eigenvalue weighted by Crippen LogP contribution is 2.21. The highest BCUT2D eigenvalue weighted by molar-refractivity contribution is 5.97. The van der Waals surface area contributed by atoms with Crippen LogP contribution in [0.2, 0.25) is 0 Å². The van der Waals surface area contributed by atoms with E-state index in [1.54, 1.807) is 13.8 Å². The average Bonchev–Trinajstić information content (AvgIpc) is 2.19. The van der Waals surface area contributed by atoms with Crippen molar-refractivity contribution in [3.8, 4) is 5.75 Å². The van der Waals surface area contributed by atoms with E-state index >= 15 is 0 Å². The summed E-state index contributed by atoms with van der Waals surface area (Å²) in [5.74, 6) is -0.524. The minimum atomic E-state index is -1.06. The number of halogens is 1. The van der Waals surface area contributed by atoms with E-state index in [9.17, 15) is 9.18 Å². The summed E-state index contributed by atoms with van der Waals surface area (Å²) in [6.45, 7) is 3.08. The molecular formula is C11H15FN2O2. The number of carbonyl (C=O) groups excluding carboxylic acids is 1. The van der Waals surface area contributed by atoms with Gasteiger partial charge in [0.2, 0.25) is 5.91 Å². The van der Waals surface area contributed by atoms with Crippen LogP contribution in [0.1, 0.15) is 13.8 Å². The van der Waals surface area contributed by atoms with Gasteiger partial charge in [-0.15, -0.1) is 0 Å². The first-order chi connectivity index (χ1) is 7.34. The molecule has 4 nitrogen and oxygen atoms in total. The monoisotopic (exact) mass is 226 g/mol. The second-order valence-electron chi connectivity index (χ2n) is 4.02. The lowest BCUT2D eigenvalue weighted by atomic mass is 10.1. The van der Waals surface area contributed by atoms with Crippen molar-refractivity contribution >= 4 is 11.6 Å². The van der Waals surface area contributed by atoms with Gasteiger partial charge in [0.25, 0.3) is 0 Å². The summed E-state index contributed by atoms with van der Waals surface area (Å²) < 4.78 is 18.3. The van der Waals surface area contributed by atoms with E-state index in [1.165, 1.54) is 25.3 Å². The van der Waals surface area contributed by atoms with Crippen LogP contribution in [-0.2, 0) is 4.79 Å². The summed E-state index contributed by atoms with van der Waals surface area (Å²) in [4.78, 5) is 11.5. The molecule has 1 aromatic rings. The molecule has 5 heteroatoms. The van der Waals surface area contributed by atoms with Crippen molar-refractivity contribution in [1.82, 2.24) is 0 Å². The topological polar surface area (TPSA) is 64.3 Å². The molecule has 0 radical (unpaired) electrons. The Morgan fingerprint density at radius 3 is 2.62 bits per heavy atom. The quantitative estimate of drug-likeness (QED) is 0.821. The molecule has 0 spiro atoms. The van der Waals surface area contributed by atoms with Gasteiger partial charge < -0.3 is 15.8 Å². The molecular weight excluding hydrogens is 211 g/mol. The summed E-state index contributed by atoms with van der Waals surface area (Å²) in [6.07, 6.45) is 0. The van der Waals surface area contributed by atoms with Gasteiger partial charge in [0, 0.05) is 6.07 Å². The van der Waals surface area contributed by atoms with Crippen LogP contribution >= 0.6 is 0 Å². The molecule has 0 heterocycles. The van der Waals surface area contributed by atoms with E-state index in [0.717, 1.165) is 0 Å². The Morgan fingerprint density at radius 2 is 2.12 bits per heavy atom. The maximum Gasteiger partial charge on any atom is 0.243 e. The third kappa shape index (κ3) is 2.93. The third-order valence-electron chi connectivity index (χ3n) is 2.01. The molecule has 0 aliphatic rings. The number of anilines is 1. The molecule has 0 fully saturated rings. The number of hydrogen-bond acceptors (Lipinski definition) is 3. The standard InChI is InChI=1S/C11H15FN2O2/c1-11(2,13)10(15)14-9-6-7(16-3)4-5-8(9)12/h4-6H,13H2,1-3H3,(H,14,15). The number of hydrogen-bond donors (Lipinski definition) is 2. The molecule has 0 saturated carbocycles. The summed E-state index contributed by atoms with van der Waals surface area (Å²) in [6, 6.07) is 4.09. The number of rotatable bonds is 3. The predicted molar refractivity (Wildman–Crippen MR) is 59.8 cm³/mol. The van der Waals surface area contributed by atoms with Crippen LogP contribution in [0.25, 0.3) is 0 Å². The number of benzene rings is 1. The summed E-state index contributed by atoms with van der Waals surface area (Å²) in [5, 5.41) is 2.41. The lowest BCUT2D eigenvalue weighted by molar-refractivity contribution is -0.120. The number of methoxy groups -OCH3 is 1. The molecule has 88 valence electrons. The van der Waals surface area contributed by atoms with Crippen molar-refractivity contribution in [2.24, 2.45) is 5.73 Å². The highest BCUT2D eigenvalue weighted by Gasteiger charge is 2.22. The van der Waals surface area contributed by atoms with Gasteiger partial charge in [0.15, 0.2) is 0 Å². The zero-order valence-electron chi connectivity index (χ0n) is 9.50. The maximum atomic E-state index is 13.3. The highest BCUT2D eigenvalue weighted by atomic mass is 19.1. The smallest absolute Gasteiger partial charge is 0.243 e. The second kappa shape index (κ2) is 4.49. The molecule has 1 aromatic carbocycles. The van der Waals surface area contributed by atoms with Crippen LogP contribution in [0.5, 0.6) is 5.75 Å². The Morgan fingerprint density at radius 1 is 1.50 bits per heavy atom. The first-order valence-corrected chi connectivity index (χ1v) is 4.78. The summed E-state index contributed by atoms with van der Waals surface area (Å²) >= 11 is 0. The van der Waals surface area contributed by atoms with Gasteiger partial charge in [-0.3, -0.25) is 4.79 Å². The molecule has 0 aromatic heterocycles. The fourth-order valence-electron chi connectivity index (χ4n) is 1.01. The Hall–Kier alpha value is -1.62. The lowest BCUT2D eigenvalue weighted by Gasteiger charge is -2.18. The first-order valence-electron chi connectivity index (χ1n) is 4.78. The van der Waals surface area contributed by atoms with E-state index in [1.807, 2.05) is 0 Å². The molecule has 0 saturated heterocycles. The van der Waals surface area contributed by atoms with Gasteiger partial charge in [-0.05, 0) is 26.0 Å². The molecule has 0 atom stereocenters. The minimum Gasteiger partial charge on any atom is -0.497 e. The van der Waals surface area contributed by atoms with Gasteiger partial charge in [0.05, 0.1) is 18.3 Å². The lowest BCUT2D eigenvalue weighted by Crippen LogP contribution is -2.45. The SMILES string of the molecule is COc1ccc(F)c(NC(=O)C(C)(C)N)c1. The second-order valence-corrected chi connectivity index (χ2v) is 4.02. The fourth-order valence-corrected chi connectivity index (χ4v) is 1.01. The van der Waals surface area contributed by atoms with Gasteiger partial charge in [-0.25, -0.2) is 4.39 Å². The number of nitrogens with two attached hydrogens (primary N) is 1. The van der Waals surface area contributed by atoms with E-state index < -0.39 is 17.3 Å². The molecule has 0 unspecified atom stereocenters. The normalized spacial score (nSPS) is 11.1. The van der Waals surface area contributed by atoms with Crippen LogP contribution in [0.3, 0.4) is 0 Å². The fraction of sp³-hybridized carbons (Fsp3) is 0.364. The number of nitrogens with one attached hydrogen (secondary N) is 1. The zero-order chi connectivity index (χ0) is 12.3. The zero-order valence-corrected chi connectivity index (χ0v) is 9.50. The third-order valence-corrected chi connectivity index (χ3v) is 2.01. The number of amides is 1. The maximum absolute atomic E-state index is 13.3. The van der Waals surface area contributed by atoms with Crippen molar-refractivity contribution in [2.45, 2.75) is 19.4 Å². The number of ether oxygens (including phenoxy) is 1. The first kappa shape index (κ1) is 12.4. The van der Waals surface area contributed by atoms with Gasteiger partial charge in [-0.1, -0.05) is 0 Å². The van der Waals surface area contributed by atoms with Crippen LogP contribution in [0, 0.1) is 5.82 Å². The van der Waals surface area contributed by atoms with Crippen molar-refractivity contribution in [3.05, 3.63) is 24.0 Å². The van der Waals surface area contributed by atoms with E-state index in [4.69, 9.17) is 10.5 Å². The van der Waals surface area contributed by atoms with Crippen molar-refractivity contribution in [3.63, 3.8) is 0 Å². The Labute approximate surface area is 93.6 Å². The summed E-state index contributed by atoms with van der Waals surface area (Å²) in [5.41, 5.74) is 4.58. The van der Waals surface area contributed by atoms with Gasteiger partial charge in [0.1, 0.15) is 11.6 Å².